The first kappa shape index (κ1) is 28.0. The van der Waals surface area contributed by atoms with E-state index in [0.29, 0.717) is 0 Å². The average molecular weight is 505 g/mol. The molecule has 2 N–H and O–H groups in total. The highest BCUT2D eigenvalue weighted by Gasteiger charge is 2.90. The first-order chi connectivity index (χ1) is 14.0. The molecule has 1 saturated heterocycles. The number of carbonyl (C=O) groups is 2. The number of alkyl halides is 13. The largest absolute Gasteiger partial charge is 0.480 e. The Bertz CT molecular complexity index is 722. The second kappa shape index (κ2) is 8.40. The van der Waals surface area contributed by atoms with Gasteiger partial charge in [-0.25, -0.2) is 0 Å². The highest BCUT2D eigenvalue weighted by atomic mass is 19.4. The fourth-order valence-corrected chi connectivity index (χ4v) is 2.44. The van der Waals surface area contributed by atoms with Crippen molar-refractivity contribution in [1.29, 1.82) is 0 Å². The van der Waals surface area contributed by atoms with Gasteiger partial charge in [-0.05, 0) is 0 Å². The highest BCUT2D eigenvalue weighted by Crippen LogP contribution is 2.60. The molecule has 5 nitrogen and oxygen atoms in total. The predicted octanol–water partition coefficient (Wildman–Crippen LogP) is 3.86. The van der Waals surface area contributed by atoms with E-state index < -0.39 is 79.1 Å². The number of aliphatic carboxylic acids is 1. The number of hydrogen-bond acceptors (Lipinski definition) is 4. The monoisotopic (exact) mass is 505 g/mol. The average Bonchev–Trinajstić information content (AvgIpc) is 3.07. The molecular weight excluding hydrogens is 493 g/mol. The summed E-state index contributed by atoms with van der Waals surface area (Å²) in [6.07, 6.45) is -13.8. The van der Waals surface area contributed by atoms with Crippen LogP contribution in [0.1, 0.15) is 19.3 Å². The zero-order valence-electron chi connectivity index (χ0n) is 15.1. The van der Waals surface area contributed by atoms with Gasteiger partial charge in [0.15, 0.2) is 0 Å². The van der Waals surface area contributed by atoms with Crippen molar-refractivity contribution in [2.24, 2.45) is 0 Å². The molecule has 18 heteroatoms. The Labute approximate surface area is 168 Å². The first-order valence-electron chi connectivity index (χ1n) is 8.14. The van der Waals surface area contributed by atoms with Crippen molar-refractivity contribution < 1.29 is 76.5 Å². The van der Waals surface area contributed by atoms with E-state index in [4.69, 9.17) is 5.11 Å². The SMILES string of the molecule is O=C(CCC(F)(F)C(F)(F)C(F)(F)C(F)(F)C(F)(F)C(F)(F)F)O[C@H]1CN[C@H](C(=O)O)C1. The Morgan fingerprint density at radius 1 is 0.812 bits per heavy atom. The summed E-state index contributed by atoms with van der Waals surface area (Å²) in [5.74, 6) is -40.8. The lowest BCUT2D eigenvalue weighted by Crippen LogP contribution is -2.70. The number of rotatable bonds is 9. The van der Waals surface area contributed by atoms with Gasteiger partial charge in [-0.3, -0.25) is 9.59 Å². The zero-order chi connectivity index (χ0) is 25.6. The summed E-state index contributed by atoms with van der Waals surface area (Å²) >= 11 is 0. The summed E-state index contributed by atoms with van der Waals surface area (Å²) < 4.78 is 173. The molecule has 0 radical (unpaired) electrons. The molecule has 2 atom stereocenters. The maximum atomic E-state index is 13.6. The number of ether oxygens (including phenoxy) is 1. The third-order valence-electron chi connectivity index (χ3n) is 4.33. The predicted molar refractivity (Wildman–Crippen MR) is 73.9 cm³/mol. The van der Waals surface area contributed by atoms with Gasteiger partial charge in [0.25, 0.3) is 0 Å². The van der Waals surface area contributed by atoms with Crippen LogP contribution in [0.3, 0.4) is 0 Å². The van der Waals surface area contributed by atoms with Gasteiger partial charge in [-0.15, -0.1) is 0 Å². The molecule has 188 valence electrons. The van der Waals surface area contributed by atoms with E-state index in [0.717, 1.165) is 0 Å². The van der Waals surface area contributed by atoms with Crippen LogP contribution in [0, 0.1) is 0 Å². The number of carboxylic acids is 1. The Hall–Kier alpha value is -2.01. The molecule has 32 heavy (non-hydrogen) atoms. The Morgan fingerprint density at radius 3 is 1.69 bits per heavy atom. The molecule has 0 spiro atoms. The van der Waals surface area contributed by atoms with Crippen LogP contribution in [-0.4, -0.2) is 71.5 Å². The molecule has 0 bridgehead atoms. The molecule has 1 aliphatic rings. The van der Waals surface area contributed by atoms with Crippen molar-refractivity contribution in [2.45, 2.75) is 67.2 Å². The Kier molecular flexibility index (Phi) is 7.36. The van der Waals surface area contributed by atoms with Crippen molar-refractivity contribution in [2.75, 3.05) is 6.54 Å². The van der Waals surface area contributed by atoms with Crippen LogP contribution in [0.4, 0.5) is 57.1 Å². The lowest BCUT2D eigenvalue weighted by molar-refractivity contribution is -0.440. The number of hydrogen-bond donors (Lipinski definition) is 2. The minimum absolute atomic E-state index is 0.341. The smallest absolute Gasteiger partial charge is 0.460 e. The van der Waals surface area contributed by atoms with Crippen LogP contribution in [0.25, 0.3) is 0 Å². The van der Waals surface area contributed by atoms with Crippen molar-refractivity contribution >= 4 is 11.9 Å². The Morgan fingerprint density at radius 2 is 1.28 bits per heavy atom. The molecule has 0 aliphatic carbocycles. The van der Waals surface area contributed by atoms with E-state index in [1.54, 1.807) is 0 Å². The van der Waals surface area contributed by atoms with Gasteiger partial charge in [0.1, 0.15) is 12.1 Å². The first-order valence-corrected chi connectivity index (χ1v) is 8.14. The number of esters is 1. The summed E-state index contributed by atoms with van der Waals surface area (Å²) in [6.45, 7) is -0.341. The van der Waals surface area contributed by atoms with Crippen LogP contribution in [0.2, 0.25) is 0 Å². The molecule has 0 unspecified atom stereocenters. The maximum Gasteiger partial charge on any atom is 0.460 e. The van der Waals surface area contributed by atoms with Gasteiger partial charge in [0.05, 0.1) is 6.42 Å². The van der Waals surface area contributed by atoms with E-state index in [1.807, 2.05) is 0 Å². The van der Waals surface area contributed by atoms with E-state index in [-0.39, 0.29) is 6.54 Å². The normalized spacial score (nSPS) is 21.5. The third kappa shape index (κ3) is 4.68. The molecule has 0 saturated carbocycles. The molecule has 0 aromatic rings. The molecule has 1 aliphatic heterocycles. The second-order valence-corrected chi connectivity index (χ2v) is 6.65. The minimum atomic E-state index is -8.01. The summed E-state index contributed by atoms with van der Waals surface area (Å²) in [5, 5.41) is 11.0. The fraction of sp³-hybridized carbons (Fsp3) is 0.857. The molecular formula is C14H12F13NO4. The van der Waals surface area contributed by atoms with E-state index in [2.05, 4.69) is 10.1 Å². The van der Waals surface area contributed by atoms with Gasteiger partial charge >= 0.3 is 47.7 Å². The topological polar surface area (TPSA) is 75.6 Å². The van der Waals surface area contributed by atoms with Crippen molar-refractivity contribution in [1.82, 2.24) is 5.32 Å². The molecule has 0 aromatic carbocycles. The van der Waals surface area contributed by atoms with Gasteiger partial charge in [-0.1, -0.05) is 0 Å². The molecule has 1 fully saturated rings. The fourth-order valence-electron chi connectivity index (χ4n) is 2.44. The lowest BCUT2D eigenvalue weighted by atomic mass is 9.92. The van der Waals surface area contributed by atoms with Crippen LogP contribution >= 0.6 is 0 Å². The summed E-state index contributed by atoms with van der Waals surface area (Å²) in [4.78, 5) is 22.1. The van der Waals surface area contributed by atoms with Crippen LogP contribution < -0.4 is 5.32 Å². The summed E-state index contributed by atoms with van der Waals surface area (Å²) in [6, 6.07) is -1.24. The molecule has 1 rings (SSSR count). The van der Waals surface area contributed by atoms with E-state index in [9.17, 15) is 66.7 Å². The van der Waals surface area contributed by atoms with Crippen molar-refractivity contribution in [3.63, 3.8) is 0 Å². The van der Waals surface area contributed by atoms with Gasteiger partial charge < -0.3 is 15.2 Å². The van der Waals surface area contributed by atoms with E-state index >= 15 is 0 Å². The lowest BCUT2D eigenvalue weighted by Gasteiger charge is -2.39. The maximum absolute atomic E-state index is 13.6. The zero-order valence-corrected chi connectivity index (χ0v) is 15.1. The minimum Gasteiger partial charge on any atom is -0.480 e. The molecule has 0 aromatic heterocycles. The molecule has 0 amide bonds. The van der Waals surface area contributed by atoms with Crippen LogP contribution in [0.15, 0.2) is 0 Å². The highest BCUT2D eigenvalue weighted by molar-refractivity contribution is 5.74. The quantitative estimate of drug-likeness (QED) is 0.368. The van der Waals surface area contributed by atoms with E-state index in [1.165, 1.54) is 0 Å². The van der Waals surface area contributed by atoms with Crippen molar-refractivity contribution in [3.8, 4) is 0 Å². The van der Waals surface area contributed by atoms with Crippen LogP contribution in [-0.2, 0) is 14.3 Å². The van der Waals surface area contributed by atoms with Crippen molar-refractivity contribution in [3.05, 3.63) is 0 Å². The van der Waals surface area contributed by atoms with Crippen LogP contribution in [0.5, 0.6) is 0 Å². The van der Waals surface area contributed by atoms with Gasteiger partial charge in [0, 0.05) is 19.4 Å². The number of carbonyl (C=O) groups excluding carboxylic acids is 1. The summed E-state index contributed by atoms with van der Waals surface area (Å²) in [7, 11) is 0. The standard InChI is InChI=1S/C14H12F13NO4/c15-9(16,2-1-7(29)32-5-3-6(8(30)31)28-4-5)10(17,18)11(19,20)12(21,22)13(23,24)14(25,26)27/h5-6,28H,1-4H2,(H,30,31)/t5-,6+/m1/s1. The van der Waals surface area contributed by atoms with Gasteiger partial charge in [0.2, 0.25) is 0 Å². The molecule has 1 heterocycles. The third-order valence-corrected chi connectivity index (χ3v) is 4.33. The Balaban J connectivity index is 2.96. The number of halogens is 13. The van der Waals surface area contributed by atoms with Gasteiger partial charge in [-0.2, -0.15) is 57.1 Å². The number of carboxylic acid groups (broad SMARTS) is 1. The second-order valence-electron chi connectivity index (χ2n) is 6.65. The summed E-state index contributed by atoms with van der Waals surface area (Å²) in [5.41, 5.74) is 0. The number of nitrogens with one attached hydrogen (secondary N) is 1.